The Morgan fingerprint density at radius 1 is 1.46 bits per heavy atom. The highest BCUT2D eigenvalue weighted by Crippen LogP contribution is 2.34. The van der Waals surface area contributed by atoms with Gasteiger partial charge in [-0.2, -0.15) is 0 Å². The van der Waals surface area contributed by atoms with E-state index in [2.05, 4.69) is 10.5 Å². The third-order valence-corrected chi connectivity index (χ3v) is 4.38. The SMILES string of the molecule is CCc1cc([C@H]2CCCN2C(=O)Nc2cc(C)ccc2OC)on1. The van der Waals surface area contributed by atoms with Crippen molar-refractivity contribution < 1.29 is 14.1 Å². The normalized spacial score (nSPS) is 17.1. The third-order valence-electron chi connectivity index (χ3n) is 4.38. The molecule has 0 unspecified atom stereocenters. The second-order valence-corrected chi connectivity index (χ2v) is 6.06. The molecule has 1 aliphatic heterocycles. The first-order chi connectivity index (χ1) is 11.6. The predicted octanol–water partition coefficient (Wildman–Crippen LogP) is 3.92. The van der Waals surface area contributed by atoms with E-state index in [0.717, 1.165) is 36.3 Å². The number of ether oxygens (including phenoxy) is 1. The van der Waals surface area contributed by atoms with Gasteiger partial charge in [0.1, 0.15) is 5.75 Å². The van der Waals surface area contributed by atoms with Crippen LogP contribution in [0, 0.1) is 6.92 Å². The number of hydrogen-bond donors (Lipinski definition) is 1. The molecule has 1 N–H and O–H groups in total. The number of nitrogens with zero attached hydrogens (tertiary/aromatic N) is 2. The molecule has 0 saturated carbocycles. The molecule has 2 heterocycles. The summed E-state index contributed by atoms with van der Waals surface area (Å²) in [5, 5.41) is 7.01. The number of aromatic nitrogens is 1. The van der Waals surface area contributed by atoms with Crippen LogP contribution < -0.4 is 10.1 Å². The van der Waals surface area contributed by atoms with Crippen molar-refractivity contribution in [1.29, 1.82) is 0 Å². The molecular formula is C18H23N3O3. The number of carbonyl (C=O) groups is 1. The van der Waals surface area contributed by atoms with E-state index in [4.69, 9.17) is 9.26 Å². The number of carbonyl (C=O) groups excluding carboxylic acids is 1. The van der Waals surface area contributed by atoms with E-state index >= 15 is 0 Å². The summed E-state index contributed by atoms with van der Waals surface area (Å²) in [6.45, 7) is 4.71. The Kier molecular flexibility index (Phi) is 4.74. The molecule has 1 aromatic carbocycles. The Bertz CT molecular complexity index is 726. The van der Waals surface area contributed by atoms with Gasteiger partial charge in [-0.25, -0.2) is 4.79 Å². The van der Waals surface area contributed by atoms with Crippen LogP contribution in [0.25, 0.3) is 0 Å². The molecule has 2 amide bonds. The number of likely N-dealkylation sites (tertiary alicyclic amines) is 1. The Morgan fingerprint density at radius 3 is 3.00 bits per heavy atom. The zero-order chi connectivity index (χ0) is 17.1. The summed E-state index contributed by atoms with van der Waals surface area (Å²) < 4.78 is 10.8. The number of methoxy groups -OCH3 is 1. The molecule has 0 aliphatic carbocycles. The van der Waals surface area contributed by atoms with E-state index in [1.165, 1.54) is 0 Å². The van der Waals surface area contributed by atoms with Crippen LogP contribution in [0.2, 0.25) is 0 Å². The van der Waals surface area contributed by atoms with Crippen molar-refractivity contribution in [2.75, 3.05) is 19.0 Å². The lowest BCUT2D eigenvalue weighted by Crippen LogP contribution is -2.34. The molecule has 0 bridgehead atoms. The second-order valence-electron chi connectivity index (χ2n) is 6.06. The number of urea groups is 1. The van der Waals surface area contributed by atoms with E-state index in [9.17, 15) is 4.79 Å². The van der Waals surface area contributed by atoms with Crippen LogP contribution in [0.15, 0.2) is 28.8 Å². The third kappa shape index (κ3) is 3.22. The van der Waals surface area contributed by atoms with E-state index in [1.54, 1.807) is 7.11 Å². The van der Waals surface area contributed by atoms with Crippen LogP contribution in [0.4, 0.5) is 10.5 Å². The van der Waals surface area contributed by atoms with Gasteiger partial charge in [0.05, 0.1) is 24.5 Å². The number of anilines is 1. The molecule has 24 heavy (non-hydrogen) atoms. The minimum absolute atomic E-state index is 0.0615. The number of benzene rings is 1. The van der Waals surface area contributed by atoms with Crippen molar-refractivity contribution in [2.24, 2.45) is 0 Å². The van der Waals surface area contributed by atoms with Gasteiger partial charge in [-0.1, -0.05) is 18.1 Å². The highest BCUT2D eigenvalue weighted by molar-refractivity contribution is 5.91. The van der Waals surface area contributed by atoms with Gasteiger partial charge in [-0.05, 0) is 43.9 Å². The zero-order valence-corrected chi connectivity index (χ0v) is 14.3. The van der Waals surface area contributed by atoms with Crippen LogP contribution in [0.1, 0.15) is 42.8 Å². The smallest absolute Gasteiger partial charge is 0.322 e. The lowest BCUT2D eigenvalue weighted by molar-refractivity contribution is 0.195. The van der Waals surface area contributed by atoms with Crippen LogP contribution in [-0.2, 0) is 6.42 Å². The molecular weight excluding hydrogens is 306 g/mol. The number of hydrogen-bond acceptors (Lipinski definition) is 4. The van der Waals surface area contributed by atoms with Gasteiger partial charge < -0.3 is 19.5 Å². The largest absolute Gasteiger partial charge is 0.495 e. The Balaban J connectivity index is 1.77. The lowest BCUT2D eigenvalue weighted by Gasteiger charge is -2.23. The first kappa shape index (κ1) is 16.4. The molecule has 128 valence electrons. The summed E-state index contributed by atoms with van der Waals surface area (Å²) in [6, 6.07) is 7.46. The summed E-state index contributed by atoms with van der Waals surface area (Å²) in [4.78, 5) is 14.6. The molecule has 1 fully saturated rings. The minimum atomic E-state index is -0.143. The van der Waals surface area contributed by atoms with Gasteiger partial charge in [0, 0.05) is 12.6 Å². The van der Waals surface area contributed by atoms with Crippen molar-refractivity contribution in [2.45, 2.75) is 39.2 Å². The van der Waals surface area contributed by atoms with Crippen molar-refractivity contribution in [3.63, 3.8) is 0 Å². The van der Waals surface area contributed by atoms with Crippen LogP contribution in [0.3, 0.4) is 0 Å². The minimum Gasteiger partial charge on any atom is -0.495 e. The van der Waals surface area contributed by atoms with Crippen molar-refractivity contribution in [1.82, 2.24) is 10.1 Å². The fraction of sp³-hybridized carbons (Fsp3) is 0.444. The van der Waals surface area contributed by atoms with Gasteiger partial charge in [-0.3, -0.25) is 0 Å². The van der Waals surface area contributed by atoms with Gasteiger partial charge >= 0.3 is 6.03 Å². The van der Waals surface area contributed by atoms with Crippen LogP contribution >= 0.6 is 0 Å². The Morgan fingerprint density at radius 2 is 2.29 bits per heavy atom. The fourth-order valence-electron chi connectivity index (χ4n) is 3.06. The van der Waals surface area contributed by atoms with E-state index in [0.29, 0.717) is 18.0 Å². The summed E-state index contributed by atoms with van der Waals surface area (Å²) in [6.07, 6.45) is 2.66. The van der Waals surface area contributed by atoms with Gasteiger partial charge in [0.2, 0.25) is 0 Å². The van der Waals surface area contributed by atoms with E-state index < -0.39 is 0 Å². The summed E-state index contributed by atoms with van der Waals surface area (Å²) in [5.74, 6) is 1.41. The number of aryl methyl sites for hydroxylation is 2. The number of amides is 2. The highest BCUT2D eigenvalue weighted by Gasteiger charge is 2.33. The molecule has 0 radical (unpaired) electrons. The van der Waals surface area contributed by atoms with Crippen molar-refractivity contribution >= 4 is 11.7 Å². The molecule has 1 atom stereocenters. The maximum atomic E-state index is 12.8. The number of nitrogens with one attached hydrogen (secondary N) is 1. The second kappa shape index (κ2) is 6.95. The van der Waals surface area contributed by atoms with Crippen LogP contribution in [-0.4, -0.2) is 29.7 Å². The van der Waals surface area contributed by atoms with E-state index in [-0.39, 0.29) is 12.1 Å². The average molecular weight is 329 g/mol. The summed E-state index contributed by atoms with van der Waals surface area (Å²) >= 11 is 0. The number of rotatable bonds is 4. The maximum absolute atomic E-state index is 12.8. The first-order valence-electron chi connectivity index (χ1n) is 8.30. The molecule has 1 aromatic heterocycles. The standard InChI is InChI=1S/C18H23N3O3/c1-4-13-11-17(24-20-13)15-6-5-9-21(15)18(22)19-14-10-12(2)7-8-16(14)23-3/h7-8,10-11,15H,4-6,9H2,1-3H3,(H,19,22)/t15-/m1/s1. The van der Waals surface area contributed by atoms with Crippen molar-refractivity contribution in [3.8, 4) is 5.75 Å². The molecule has 1 saturated heterocycles. The molecule has 3 rings (SSSR count). The Hall–Kier alpha value is -2.50. The first-order valence-corrected chi connectivity index (χ1v) is 8.30. The van der Waals surface area contributed by atoms with Gasteiger partial charge in [0.25, 0.3) is 0 Å². The molecule has 6 heteroatoms. The van der Waals surface area contributed by atoms with Crippen molar-refractivity contribution in [3.05, 3.63) is 41.3 Å². The monoisotopic (exact) mass is 329 g/mol. The van der Waals surface area contributed by atoms with Gasteiger partial charge in [-0.15, -0.1) is 0 Å². The Labute approximate surface area is 141 Å². The van der Waals surface area contributed by atoms with Crippen LogP contribution in [0.5, 0.6) is 5.75 Å². The maximum Gasteiger partial charge on any atom is 0.322 e. The topological polar surface area (TPSA) is 67.6 Å². The zero-order valence-electron chi connectivity index (χ0n) is 14.3. The molecule has 1 aliphatic rings. The summed E-state index contributed by atoms with van der Waals surface area (Å²) in [7, 11) is 1.60. The molecule has 6 nitrogen and oxygen atoms in total. The molecule has 0 spiro atoms. The lowest BCUT2D eigenvalue weighted by atomic mass is 10.1. The summed E-state index contributed by atoms with van der Waals surface area (Å²) in [5.41, 5.74) is 2.66. The van der Waals surface area contributed by atoms with E-state index in [1.807, 2.05) is 43.0 Å². The highest BCUT2D eigenvalue weighted by atomic mass is 16.5. The molecule has 2 aromatic rings. The van der Waals surface area contributed by atoms with Gasteiger partial charge in [0.15, 0.2) is 5.76 Å². The predicted molar refractivity (Wildman–Crippen MR) is 91.3 cm³/mol. The quantitative estimate of drug-likeness (QED) is 0.923. The average Bonchev–Trinajstić information content (AvgIpc) is 3.23. The fourth-order valence-corrected chi connectivity index (χ4v) is 3.06.